The Morgan fingerprint density at radius 2 is 0.944 bits per heavy atom. The number of fused-ring (bicyclic) bond motifs is 1. The molecule has 0 saturated heterocycles. The molecule has 0 bridgehead atoms. The third kappa shape index (κ3) is 7.34. The summed E-state index contributed by atoms with van der Waals surface area (Å²) in [6, 6.07) is 31.6. The number of hydrogen-bond acceptors (Lipinski definition) is 4. The van der Waals surface area contributed by atoms with Gasteiger partial charge in [0.25, 0.3) is 0 Å². The van der Waals surface area contributed by atoms with Crippen molar-refractivity contribution in [1.29, 1.82) is 0 Å². The fourth-order valence-electron chi connectivity index (χ4n) is 4.02. The lowest BCUT2D eigenvalue weighted by molar-refractivity contribution is 0.139. The maximum atomic E-state index is 12.0. The highest BCUT2D eigenvalue weighted by Crippen LogP contribution is 2.23. The van der Waals surface area contributed by atoms with Crippen LogP contribution in [0.2, 0.25) is 0 Å². The first-order valence-electron chi connectivity index (χ1n) is 12.1. The van der Waals surface area contributed by atoms with E-state index in [4.69, 9.17) is 9.47 Å². The van der Waals surface area contributed by atoms with E-state index >= 15 is 0 Å². The van der Waals surface area contributed by atoms with E-state index in [0.29, 0.717) is 25.9 Å². The molecule has 0 radical (unpaired) electrons. The summed E-state index contributed by atoms with van der Waals surface area (Å²) in [5, 5.41) is 7.94. The Balaban J connectivity index is 1.25. The van der Waals surface area contributed by atoms with Crippen LogP contribution in [0, 0.1) is 0 Å². The Kier molecular flexibility index (Phi) is 8.92. The zero-order chi connectivity index (χ0) is 25.0. The molecule has 2 amide bonds. The van der Waals surface area contributed by atoms with Crippen molar-refractivity contribution >= 4 is 23.0 Å². The molecular formula is C30H30N2O4. The predicted octanol–water partition coefficient (Wildman–Crippen LogP) is 5.78. The lowest BCUT2D eigenvalue weighted by Crippen LogP contribution is -2.26. The second-order valence-corrected chi connectivity index (χ2v) is 8.41. The molecule has 0 aromatic heterocycles. The van der Waals surface area contributed by atoms with Crippen molar-refractivity contribution in [2.75, 3.05) is 13.1 Å². The number of ether oxygens (including phenoxy) is 2. The van der Waals surface area contributed by atoms with Crippen LogP contribution in [0.15, 0.2) is 97.1 Å². The van der Waals surface area contributed by atoms with E-state index in [1.807, 2.05) is 72.8 Å². The van der Waals surface area contributed by atoms with Gasteiger partial charge in [0.15, 0.2) is 0 Å². The molecule has 0 saturated carbocycles. The van der Waals surface area contributed by atoms with Gasteiger partial charge in [-0.05, 0) is 45.9 Å². The highest BCUT2D eigenvalue weighted by atomic mass is 16.6. The van der Waals surface area contributed by atoms with Crippen LogP contribution in [0.1, 0.15) is 22.3 Å². The van der Waals surface area contributed by atoms with Crippen molar-refractivity contribution in [3.8, 4) is 0 Å². The van der Waals surface area contributed by atoms with E-state index in [9.17, 15) is 9.59 Å². The Morgan fingerprint density at radius 1 is 0.528 bits per heavy atom. The fraction of sp³-hybridized carbons (Fsp3) is 0.200. The molecular weight excluding hydrogens is 452 g/mol. The van der Waals surface area contributed by atoms with Crippen molar-refractivity contribution in [3.63, 3.8) is 0 Å². The molecule has 36 heavy (non-hydrogen) atoms. The number of carbonyl (C=O) groups is 2. The summed E-state index contributed by atoms with van der Waals surface area (Å²) in [7, 11) is 0. The summed E-state index contributed by atoms with van der Waals surface area (Å²) < 4.78 is 10.6. The molecule has 6 heteroatoms. The normalized spacial score (nSPS) is 10.6. The number of amides is 2. The summed E-state index contributed by atoms with van der Waals surface area (Å²) in [5.74, 6) is 0. The summed E-state index contributed by atoms with van der Waals surface area (Å²) in [5.41, 5.74) is 4.20. The minimum Gasteiger partial charge on any atom is -0.445 e. The van der Waals surface area contributed by atoms with Crippen molar-refractivity contribution in [2.24, 2.45) is 0 Å². The number of alkyl carbamates (subject to hydrolysis) is 2. The number of rotatable bonds is 10. The van der Waals surface area contributed by atoms with Crippen molar-refractivity contribution in [3.05, 3.63) is 119 Å². The van der Waals surface area contributed by atoms with Gasteiger partial charge in [-0.2, -0.15) is 0 Å². The van der Waals surface area contributed by atoms with Crippen LogP contribution in [0.25, 0.3) is 10.8 Å². The van der Waals surface area contributed by atoms with Gasteiger partial charge >= 0.3 is 12.2 Å². The van der Waals surface area contributed by atoms with Crippen molar-refractivity contribution < 1.29 is 19.1 Å². The smallest absolute Gasteiger partial charge is 0.407 e. The van der Waals surface area contributed by atoms with Crippen molar-refractivity contribution in [1.82, 2.24) is 10.6 Å². The van der Waals surface area contributed by atoms with Gasteiger partial charge in [0.05, 0.1) is 0 Å². The molecule has 0 fully saturated rings. The molecule has 6 nitrogen and oxygen atoms in total. The molecule has 2 N–H and O–H groups in total. The lowest BCUT2D eigenvalue weighted by atomic mass is 9.97. The number of nitrogens with one attached hydrogen (secondary N) is 2. The molecule has 0 spiro atoms. The molecule has 0 atom stereocenters. The Hall–Kier alpha value is -4.32. The van der Waals surface area contributed by atoms with Crippen LogP contribution in [-0.4, -0.2) is 25.3 Å². The van der Waals surface area contributed by atoms with Gasteiger partial charge in [-0.25, -0.2) is 9.59 Å². The van der Waals surface area contributed by atoms with Crippen LogP contribution in [0.3, 0.4) is 0 Å². The zero-order valence-corrected chi connectivity index (χ0v) is 20.1. The maximum Gasteiger partial charge on any atom is 0.407 e. The molecule has 0 aliphatic heterocycles. The van der Waals surface area contributed by atoms with Crippen molar-refractivity contribution in [2.45, 2.75) is 26.1 Å². The highest BCUT2D eigenvalue weighted by Gasteiger charge is 2.08. The number of carbonyl (C=O) groups excluding carboxylic acids is 2. The molecule has 4 aromatic carbocycles. The minimum absolute atomic E-state index is 0.248. The van der Waals surface area contributed by atoms with Gasteiger partial charge < -0.3 is 20.1 Å². The standard InChI is InChI=1S/C30H30N2O4/c33-29(35-21-23-9-3-1-4-10-23)31-19-17-25-13-7-16-28-26(14-8-15-27(25)28)18-20-32-30(34)36-22-24-11-5-2-6-12-24/h1-16H,17-22H2,(H,31,33)(H,32,34). The molecule has 4 rings (SSSR count). The number of benzene rings is 4. The maximum absolute atomic E-state index is 12.0. The topological polar surface area (TPSA) is 76.7 Å². The first-order valence-corrected chi connectivity index (χ1v) is 12.1. The minimum atomic E-state index is -0.426. The summed E-state index contributed by atoms with van der Waals surface area (Å²) in [6.45, 7) is 1.45. The molecule has 184 valence electrons. The molecule has 4 aromatic rings. The lowest BCUT2D eigenvalue weighted by Gasteiger charge is -2.12. The summed E-state index contributed by atoms with van der Waals surface area (Å²) in [6.07, 6.45) is 0.520. The van der Waals surface area contributed by atoms with E-state index < -0.39 is 12.2 Å². The van der Waals surface area contributed by atoms with E-state index in [1.165, 1.54) is 0 Å². The van der Waals surface area contributed by atoms with Gasteiger partial charge in [0.1, 0.15) is 13.2 Å². The quantitative estimate of drug-likeness (QED) is 0.301. The van der Waals surface area contributed by atoms with Gasteiger partial charge in [0, 0.05) is 13.1 Å². The SMILES string of the molecule is O=C(NCCc1cccc2c(CCNC(=O)OCc3ccccc3)cccc12)OCc1ccccc1. The summed E-state index contributed by atoms with van der Waals surface area (Å²) >= 11 is 0. The monoisotopic (exact) mass is 482 g/mol. The van der Waals surface area contributed by atoms with Gasteiger partial charge in [-0.3, -0.25) is 0 Å². The second-order valence-electron chi connectivity index (χ2n) is 8.41. The van der Waals surface area contributed by atoms with Crippen LogP contribution >= 0.6 is 0 Å². The molecule has 0 aliphatic carbocycles. The Morgan fingerprint density at radius 3 is 1.36 bits per heavy atom. The molecule has 0 unspecified atom stereocenters. The molecule has 0 heterocycles. The fourth-order valence-corrected chi connectivity index (χ4v) is 4.02. The number of hydrogen-bond donors (Lipinski definition) is 2. The third-order valence-corrected chi connectivity index (χ3v) is 5.86. The summed E-state index contributed by atoms with van der Waals surface area (Å²) in [4.78, 5) is 24.1. The van der Waals surface area contributed by atoms with E-state index in [2.05, 4.69) is 34.9 Å². The zero-order valence-electron chi connectivity index (χ0n) is 20.1. The second kappa shape index (κ2) is 13.0. The van der Waals surface area contributed by atoms with E-state index in [-0.39, 0.29) is 13.2 Å². The predicted molar refractivity (Wildman–Crippen MR) is 141 cm³/mol. The Bertz CT molecular complexity index is 1180. The van der Waals surface area contributed by atoms with Crippen LogP contribution in [0.5, 0.6) is 0 Å². The van der Waals surface area contributed by atoms with Crippen LogP contribution in [0.4, 0.5) is 9.59 Å². The average Bonchev–Trinajstić information content (AvgIpc) is 2.92. The largest absolute Gasteiger partial charge is 0.445 e. The Labute approximate surface area is 211 Å². The third-order valence-electron chi connectivity index (χ3n) is 5.86. The highest BCUT2D eigenvalue weighted by molar-refractivity contribution is 5.88. The van der Waals surface area contributed by atoms with Crippen LogP contribution < -0.4 is 10.6 Å². The van der Waals surface area contributed by atoms with Crippen LogP contribution in [-0.2, 0) is 35.5 Å². The van der Waals surface area contributed by atoms with Gasteiger partial charge in [-0.1, -0.05) is 97.1 Å². The van der Waals surface area contributed by atoms with E-state index in [0.717, 1.165) is 33.0 Å². The van der Waals surface area contributed by atoms with E-state index in [1.54, 1.807) is 0 Å². The first kappa shape index (κ1) is 24.8. The van der Waals surface area contributed by atoms with Gasteiger partial charge in [-0.15, -0.1) is 0 Å². The first-order chi connectivity index (χ1) is 17.7. The molecule has 0 aliphatic rings. The van der Waals surface area contributed by atoms with Gasteiger partial charge in [0.2, 0.25) is 0 Å². The average molecular weight is 483 g/mol.